The van der Waals surface area contributed by atoms with Crippen molar-refractivity contribution in [3.8, 4) is 16.9 Å². The predicted octanol–water partition coefficient (Wildman–Crippen LogP) is 5.91. The van der Waals surface area contributed by atoms with Crippen molar-refractivity contribution in [2.24, 2.45) is 0 Å². The van der Waals surface area contributed by atoms with Crippen LogP contribution in [0.3, 0.4) is 0 Å². The van der Waals surface area contributed by atoms with Crippen molar-refractivity contribution in [2.45, 2.75) is 71.4 Å². The van der Waals surface area contributed by atoms with Gasteiger partial charge in [0.25, 0.3) is 5.91 Å². The van der Waals surface area contributed by atoms with Gasteiger partial charge in [0.1, 0.15) is 11.7 Å². The van der Waals surface area contributed by atoms with E-state index in [4.69, 9.17) is 9.72 Å². The van der Waals surface area contributed by atoms with Gasteiger partial charge in [0, 0.05) is 30.5 Å². The molecular weight excluding hydrogens is 566 g/mol. The van der Waals surface area contributed by atoms with Gasteiger partial charge in [-0.3, -0.25) is 4.79 Å². The number of anilines is 1. The molecule has 2 aromatic carbocycles. The van der Waals surface area contributed by atoms with E-state index in [1.807, 2.05) is 13.0 Å². The Morgan fingerprint density at radius 1 is 1.07 bits per heavy atom. The molecule has 2 aromatic heterocycles. The van der Waals surface area contributed by atoms with Gasteiger partial charge < -0.3 is 20.1 Å². The van der Waals surface area contributed by atoms with Gasteiger partial charge in [-0.2, -0.15) is 5.10 Å². The molecule has 1 aliphatic heterocycles. The molecule has 2 N–H and O–H groups in total. The lowest BCUT2D eigenvalue weighted by Crippen LogP contribution is -2.42. The van der Waals surface area contributed by atoms with Gasteiger partial charge in [0.2, 0.25) is 0 Å². The van der Waals surface area contributed by atoms with Crippen molar-refractivity contribution in [3.05, 3.63) is 94.4 Å². The summed E-state index contributed by atoms with van der Waals surface area (Å²) >= 11 is 0. The molecule has 9 heteroatoms. The molecule has 1 fully saturated rings. The van der Waals surface area contributed by atoms with Crippen molar-refractivity contribution in [1.29, 1.82) is 0 Å². The smallest absolute Gasteiger partial charge is 0.341 e. The molecule has 0 saturated carbocycles. The molecule has 1 aliphatic carbocycles. The van der Waals surface area contributed by atoms with Gasteiger partial charge in [0.05, 0.1) is 24.5 Å². The Bertz CT molecular complexity index is 1720. The zero-order valence-electron chi connectivity index (χ0n) is 26.4. The second-order valence-corrected chi connectivity index (χ2v) is 12.1. The molecule has 0 radical (unpaired) electrons. The molecule has 2 aliphatic rings. The van der Waals surface area contributed by atoms with E-state index in [1.54, 1.807) is 28.9 Å². The number of pyridine rings is 1. The van der Waals surface area contributed by atoms with Crippen LogP contribution in [0.25, 0.3) is 16.9 Å². The zero-order chi connectivity index (χ0) is 31.7. The Morgan fingerprint density at radius 3 is 2.58 bits per heavy atom. The van der Waals surface area contributed by atoms with E-state index in [0.717, 1.165) is 42.5 Å². The number of aryl methyl sites for hydroxylation is 2. The van der Waals surface area contributed by atoms with Crippen LogP contribution in [0.1, 0.15) is 83.4 Å². The minimum Gasteiger partial charge on any atom is -0.462 e. The van der Waals surface area contributed by atoms with Crippen molar-refractivity contribution in [3.63, 3.8) is 0 Å². The van der Waals surface area contributed by atoms with Gasteiger partial charge in [-0.1, -0.05) is 30.3 Å². The number of fused-ring (bicyclic) bond motifs is 1. The number of aliphatic hydroxyl groups is 1. The number of amides is 1. The van der Waals surface area contributed by atoms with Crippen LogP contribution >= 0.6 is 0 Å². The number of benzene rings is 2. The van der Waals surface area contributed by atoms with Crippen LogP contribution in [0.15, 0.2) is 60.9 Å². The summed E-state index contributed by atoms with van der Waals surface area (Å²) < 4.78 is 6.96. The highest BCUT2D eigenvalue weighted by Crippen LogP contribution is 2.42. The van der Waals surface area contributed by atoms with E-state index in [0.29, 0.717) is 42.7 Å². The number of aliphatic hydroxyl groups excluding tert-OH is 1. The second kappa shape index (κ2) is 12.9. The summed E-state index contributed by atoms with van der Waals surface area (Å²) in [6.45, 7) is 9.00. The highest BCUT2D eigenvalue weighted by Gasteiger charge is 2.29. The highest BCUT2D eigenvalue weighted by atomic mass is 16.5. The molecule has 3 heterocycles. The summed E-state index contributed by atoms with van der Waals surface area (Å²) in [7, 11) is 0. The van der Waals surface area contributed by atoms with Gasteiger partial charge >= 0.3 is 5.97 Å². The number of likely N-dealkylation sites (tertiary alicyclic amines) is 1. The summed E-state index contributed by atoms with van der Waals surface area (Å²) in [4.78, 5) is 31.2. The zero-order valence-corrected chi connectivity index (χ0v) is 26.4. The number of esters is 1. The average molecular weight is 608 g/mol. The second-order valence-electron chi connectivity index (χ2n) is 12.1. The molecule has 234 valence electrons. The third-order valence-electron chi connectivity index (χ3n) is 9.25. The minimum absolute atomic E-state index is 0.123. The van der Waals surface area contributed by atoms with Crippen molar-refractivity contribution < 1.29 is 19.4 Å². The molecule has 1 amide bonds. The maximum Gasteiger partial charge on any atom is 0.341 e. The molecular formula is C36H41N5O4. The molecule has 1 saturated heterocycles. The Morgan fingerprint density at radius 2 is 1.84 bits per heavy atom. The third-order valence-corrected chi connectivity index (χ3v) is 9.25. The van der Waals surface area contributed by atoms with Gasteiger partial charge in [-0.05, 0) is 105 Å². The van der Waals surface area contributed by atoms with E-state index in [-0.39, 0.29) is 17.9 Å². The Kier molecular flexibility index (Phi) is 8.72. The number of piperidine rings is 1. The lowest BCUT2D eigenvalue weighted by Gasteiger charge is -2.33. The van der Waals surface area contributed by atoms with Crippen LogP contribution in [0.5, 0.6) is 0 Å². The largest absolute Gasteiger partial charge is 0.462 e. The minimum atomic E-state index is -0.945. The maximum absolute atomic E-state index is 12.5. The van der Waals surface area contributed by atoms with Crippen LogP contribution in [-0.2, 0) is 16.0 Å². The van der Waals surface area contributed by atoms with Crippen molar-refractivity contribution in [1.82, 2.24) is 19.7 Å². The summed E-state index contributed by atoms with van der Waals surface area (Å²) in [5.74, 6) is 0.502. The fourth-order valence-electron chi connectivity index (χ4n) is 6.86. The van der Waals surface area contributed by atoms with Crippen LogP contribution in [0.4, 0.5) is 5.69 Å². The van der Waals surface area contributed by atoms with Crippen LogP contribution in [-0.4, -0.2) is 62.4 Å². The molecule has 0 spiro atoms. The molecule has 1 unspecified atom stereocenters. The summed E-state index contributed by atoms with van der Waals surface area (Å²) in [6, 6.07) is 17.3. The molecule has 0 bridgehead atoms. The van der Waals surface area contributed by atoms with E-state index in [1.165, 1.54) is 29.2 Å². The highest BCUT2D eigenvalue weighted by molar-refractivity contribution is 5.90. The van der Waals surface area contributed by atoms with Gasteiger partial charge in [-0.25, -0.2) is 14.5 Å². The molecule has 45 heavy (non-hydrogen) atoms. The average Bonchev–Trinajstić information content (AvgIpc) is 3.65. The quantitative estimate of drug-likeness (QED) is 0.240. The first-order valence-electron chi connectivity index (χ1n) is 15.9. The van der Waals surface area contributed by atoms with Crippen molar-refractivity contribution in [2.75, 3.05) is 25.0 Å². The fourth-order valence-corrected chi connectivity index (χ4v) is 6.86. The molecule has 6 rings (SSSR count). The maximum atomic E-state index is 12.5. The topological polar surface area (TPSA) is 110 Å². The molecule has 4 aromatic rings. The fraction of sp³-hybridized carbons (Fsp3) is 0.389. The Labute approximate surface area is 264 Å². The van der Waals surface area contributed by atoms with Gasteiger partial charge in [-0.15, -0.1) is 0 Å². The van der Waals surface area contributed by atoms with Crippen molar-refractivity contribution >= 4 is 17.6 Å². The first kappa shape index (κ1) is 30.5. The van der Waals surface area contributed by atoms with Crippen LogP contribution < -0.4 is 5.32 Å². The number of carbonyl (C=O) groups is 2. The third kappa shape index (κ3) is 5.96. The van der Waals surface area contributed by atoms with E-state index in [2.05, 4.69) is 59.8 Å². The summed E-state index contributed by atoms with van der Waals surface area (Å²) in [6.07, 6.45) is 6.11. The SMILES string of the molecule is CCOC(=O)c1cnn(-c2ncccc2-c2cccc3c2C(Nc2ccc(C4CCN(C(=O)[C@H](C)O)CC4)cc2C)CC3)c1C. The van der Waals surface area contributed by atoms with Crippen LogP contribution in [0.2, 0.25) is 0 Å². The first-order chi connectivity index (χ1) is 21.8. The molecule has 2 atom stereocenters. The summed E-state index contributed by atoms with van der Waals surface area (Å²) in [5, 5.41) is 18.1. The summed E-state index contributed by atoms with van der Waals surface area (Å²) in [5.41, 5.74) is 9.37. The predicted molar refractivity (Wildman–Crippen MR) is 174 cm³/mol. The lowest BCUT2D eigenvalue weighted by atomic mass is 9.88. The van der Waals surface area contributed by atoms with Gasteiger partial charge in [0.15, 0.2) is 5.82 Å². The Balaban J connectivity index is 1.25. The number of rotatable bonds is 8. The van der Waals surface area contributed by atoms with E-state index >= 15 is 0 Å². The number of hydrogen-bond acceptors (Lipinski definition) is 7. The standard InChI is InChI=1S/C36H41N5O4/c1-5-45-36(44)30-21-38-41(23(30)3)34-29(10-7-17-37-34)28-9-6-8-26-11-14-32(33(26)28)39-31-13-12-27(20-22(31)2)25-15-18-40(19-16-25)35(43)24(4)42/h6-10,12-13,17,20-21,24-25,32,39,42H,5,11,14-16,18-19H2,1-4H3/t24-,32?/m0/s1. The van der Waals surface area contributed by atoms with E-state index in [9.17, 15) is 14.7 Å². The number of hydrogen-bond donors (Lipinski definition) is 2. The normalized spacial score (nSPS) is 17.2. The number of nitrogens with one attached hydrogen (secondary N) is 1. The number of ether oxygens (including phenoxy) is 1. The lowest BCUT2D eigenvalue weighted by molar-refractivity contribution is -0.140. The Hall–Kier alpha value is -4.50. The molecule has 9 nitrogen and oxygen atoms in total. The van der Waals surface area contributed by atoms with Crippen LogP contribution in [0, 0.1) is 13.8 Å². The first-order valence-corrected chi connectivity index (χ1v) is 15.9. The number of carbonyl (C=O) groups excluding carboxylic acids is 2. The number of aromatic nitrogens is 3. The number of nitrogens with zero attached hydrogens (tertiary/aromatic N) is 4. The van der Waals surface area contributed by atoms with E-state index < -0.39 is 6.10 Å². The monoisotopic (exact) mass is 607 g/mol.